The van der Waals surface area contributed by atoms with Crippen molar-refractivity contribution in [1.29, 1.82) is 0 Å². The lowest BCUT2D eigenvalue weighted by Gasteiger charge is -2.38. The van der Waals surface area contributed by atoms with Crippen LogP contribution in [0.5, 0.6) is 23.3 Å². The number of pyridine rings is 3. The molecule has 15 nitrogen and oxygen atoms in total. The number of carboxylic acid groups (broad SMARTS) is 1. The maximum absolute atomic E-state index is 12.7. The average Bonchev–Trinajstić information content (AvgIpc) is 3.20. The maximum Gasteiger partial charge on any atom is 0.300 e. The Morgan fingerprint density at radius 1 is 0.780 bits per heavy atom. The molecular weight excluding hydrogens is 844 g/mol. The molecule has 0 amide bonds. The van der Waals surface area contributed by atoms with Gasteiger partial charge in [-0.25, -0.2) is 20.0 Å². The minimum Gasteiger partial charge on any atom is -0.481 e. The summed E-state index contributed by atoms with van der Waals surface area (Å²) in [7, 11) is 0. The molecule has 0 aliphatic carbocycles. The van der Waals surface area contributed by atoms with Crippen LogP contribution in [0.1, 0.15) is 78.3 Å². The van der Waals surface area contributed by atoms with Crippen molar-refractivity contribution < 1.29 is 33.6 Å². The second kappa shape index (κ2) is 18.1. The van der Waals surface area contributed by atoms with Crippen LogP contribution in [0, 0.1) is 0 Å². The third kappa shape index (κ3) is 9.23. The number of ether oxygens (including phenoxy) is 4. The average molecular weight is 886 g/mol. The largest absolute Gasteiger partial charge is 0.481 e. The number of carbonyl (C=O) groups excluding carboxylic acids is 1. The van der Waals surface area contributed by atoms with Crippen molar-refractivity contribution in [3.05, 3.63) is 128 Å². The van der Waals surface area contributed by atoms with Gasteiger partial charge in [-0.3, -0.25) is 14.6 Å². The number of carbonyl (C=O) groups is 2. The summed E-state index contributed by atoms with van der Waals surface area (Å²) in [4.78, 5) is 43.8. The van der Waals surface area contributed by atoms with Crippen LogP contribution in [0.3, 0.4) is 0 Å². The molecule has 5 aromatic rings. The zero-order chi connectivity index (χ0) is 42.3. The van der Waals surface area contributed by atoms with E-state index in [-0.39, 0.29) is 24.2 Å². The number of carboxylic acids is 1. The normalized spacial score (nSPS) is 18.7. The first kappa shape index (κ1) is 42.3. The number of hydrogen-bond donors (Lipinski definition) is 4. The summed E-state index contributed by atoms with van der Waals surface area (Å²) in [5, 5.41) is 7.90. The number of hydrogen-bond acceptors (Lipinski definition) is 14. The van der Waals surface area contributed by atoms with E-state index in [4.69, 9.17) is 57.7 Å². The molecule has 0 unspecified atom stereocenters. The van der Waals surface area contributed by atoms with E-state index in [9.17, 15) is 4.79 Å². The monoisotopic (exact) mass is 884 g/mol. The summed E-state index contributed by atoms with van der Waals surface area (Å²) >= 11 is 9.32. The van der Waals surface area contributed by atoms with Gasteiger partial charge in [0.1, 0.15) is 28.3 Å². The topological polar surface area (TPSA) is 233 Å². The summed E-state index contributed by atoms with van der Waals surface area (Å²) < 4.78 is 23.5. The van der Waals surface area contributed by atoms with Crippen molar-refractivity contribution in [1.82, 2.24) is 15.0 Å². The molecule has 0 saturated heterocycles. The van der Waals surface area contributed by atoms with E-state index >= 15 is 0 Å². The highest BCUT2D eigenvalue weighted by Crippen LogP contribution is 2.53. The lowest BCUT2D eigenvalue weighted by atomic mass is 9.78. The van der Waals surface area contributed by atoms with Crippen LogP contribution in [0.4, 0.5) is 5.69 Å². The number of aliphatic imine (C=N–C) groups is 2. The zero-order valence-corrected chi connectivity index (χ0v) is 34.8. The molecule has 2 aromatic carbocycles. The van der Waals surface area contributed by atoms with Gasteiger partial charge in [0.05, 0.1) is 18.2 Å². The highest BCUT2D eigenvalue weighted by Gasteiger charge is 2.46. The van der Waals surface area contributed by atoms with Crippen LogP contribution >= 0.6 is 27.5 Å². The molecule has 0 bridgehead atoms. The first-order valence-corrected chi connectivity index (χ1v) is 19.8. The molecule has 0 fully saturated rings. The van der Waals surface area contributed by atoms with Crippen molar-refractivity contribution in [2.24, 2.45) is 21.5 Å². The van der Waals surface area contributed by atoms with Crippen molar-refractivity contribution in [3.63, 3.8) is 0 Å². The molecule has 4 aliphatic rings. The van der Waals surface area contributed by atoms with Crippen molar-refractivity contribution in [2.75, 3.05) is 18.9 Å². The van der Waals surface area contributed by atoms with Crippen LogP contribution in [-0.2, 0) is 31.8 Å². The Kier molecular flexibility index (Phi) is 13.0. The molecule has 7 N–H and O–H groups in total. The number of Topliss-reactive ketones (excluding diaryl/α,β-unsaturated/α-hetero) is 1. The number of aromatic nitrogens is 3. The summed E-state index contributed by atoms with van der Waals surface area (Å²) in [5.41, 5.74) is 21.6. The molecule has 0 radical (unpaired) electrons. The van der Waals surface area contributed by atoms with E-state index < -0.39 is 17.0 Å². The van der Waals surface area contributed by atoms with Gasteiger partial charge < -0.3 is 41.3 Å². The fourth-order valence-electron chi connectivity index (χ4n) is 6.90. The third-order valence-electron chi connectivity index (χ3n) is 9.24. The lowest BCUT2D eigenvalue weighted by Crippen LogP contribution is -2.38. The number of nitrogen functional groups attached to an aromatic ring is 1. The van der Waals surface area contributed by atoms with Crippen molar-refractivity contribution in [2.45, 2.75) is 57.5 Å². The van der Waals surface area contributed by atoms with E-state index in [0.29, 0.717) is 65.7 Å². The number of nitrogens with zero attached hydrogens (tertiary/aromatic N) is 5. The summed E-state index contributed by atoms with van der Waals surface area (Å²) in [6.45, 7) is 6.22. The van der Waals surface area contributed by atoms with Gasteiger partial charge in [0.2, 0.25) is 11.8 Å². The van der Waals surface area contributed by atoms with Gasteiger partial charge in [0.15, 0.2) is 5.78 Å². The van der Waals surface area contributed by atoms with Gasteiger partial charge in [-0.15, -0.1) is 0 Å². The van der Waals surface area contributed by atoms with Gasteiger partial charge in [-0.1, -0.05) is 37.9 Å². The highest BCUT2D eigenvalue weighted by molar-refractivity contribution is 9.10. The maximum atomic E-state index is 12.7. The van der Waals surface area contributed by atoms with E-state index in [0.717, 1.165) is 39.2 Å². The Morgan fingerprint density at radius 3 is 1.98 bits per heavy atom. The molecule has 4 aliphatic heterocycles. The quantitative estimate of drug-likeness (QED) is 0.101. The van der Waals surface area contributed by atoms with E-state index in [1.165, 1.54) is 12.6 Å². The molecule has 306 valence electrons. The molecule has 7 heterocycles. The number of ketones is 1. The molecular formula is C42H42BrClN8O7. The van der Waals surface area contributed by atoms with Crippen LogP contribution in [-0.4, -0.2) is 57.1 Å². The van der Waals surface area contributed by atoms with Gasteiger partial charge in [0.25, 0.3) is 18.0 Å². The number of fused-ring (bicyclic) bond motifs is 8. The second-order valence-electron chi connectivity index (χ2n) is 13.7. The Hall–Kier alpha value is -6.26. The molecule has 2 spiro atoms. The van der Waals surface area contributed by atoms with Crippen LogP contribution in [0.25, 0.3) is 0 Å². The predicted octanol–water partition coefficient (Wildman–Crippen LogP) is 7.66. The van der Waals surface area contributed by atoms with Gasteiger partial charge in [0, 0.05) is 77.2 Å². The number of rotatable bonds is 3. The summed E-state index contributed by atoms with van der Waals surface area (Å²) in [6, 6.07) is 20.4. The SMILES string of the molecule is CC(=O)O.CCC.NC1=N[C@@]2(CCO1)c1cc(CC(=O)c3ccc(Cl)cn3)ccc1Oc1ncccc12.NC1=N[C@@]2(CCO1)c1cc(N)ccc1Oc1ncc(Br)cc12. The highest BCUT2D eigenvalue weighted by atomic mass is 79.9. The number of benzene rings is 2. The predicted molar refractivity (Wildman–Crippen MR) is 226 cm³/mol. The third-order valence-corrected chi connectivity index (χ3v) is 9.90. The van der Waals surface area contributed by atoms with E-state index in [1.54, 1.807) is 30.6 Å². The second-order valence-corrected chi connectivity index (χ2v) is 15.0. The number of aliphatic carboxylic acids is 1. The number of nitrogens with two attached hydrogens (primary N) is 3. The van der Waals surface area contributed by atoms with Crippen LogP contribution < -0.4 is 26.7 Å². The van der Waals surface area contributed by atoms with Gasteiger partial charge in [-0.2, -0.15) is 0 Å². The Balaban J connectivity index is 0.000000177. The molecule has 17 heteroatoms. The van der Waals surface area contributed by atoms with Gasteiger partial charge >= 0.3 is 0 Å². The number of anilines is 1. The fraction of sp³-hybridized carbons (Fsp3) is 0.262. The standard InChI is InChI=1S/C22H17ClN4O3.C15H13BrN4O2.C3H8.C2H4O2/c23-14-4-5-17(26-12-14)18(28)11-13-3-6-19-16(10-13)22(7-9-29-21(24)27-22)15-2-1-8-25-20(15)30-19;16-8-5-11-13(19-7-8)22-12-2-1-9(17)6-10(12)15(11)3-4-21-14(18)20-15;1-3-2;1-2(3)4/h1-6,8,10,12H,7,9,11H2,(H2,24,27);1-2,5-7H,3-4,17H2,(H2,18,20);3H2,1-2H3;1H3,(H,3,4)/t22-;15-;;/m10../s1. The Morgan fingerprint density at radius 2 is 1.37 bits per heavy atom. The lowest BCUT2D eigenvalue weighted by molar-refractivity contribution is -0.134. The first-order chi connectivity index (χ1) is 28.3. The Labute approximate surface area is 353 Å². The Bertz CT molecular complexity index is 2380. The number of amidine groups is 2. The smallest absolute Gasteiger partial charge is 0.300 e. The van der Waals surface area contributed by atoms with Crippen molar-refractivity contribution >= 4 is 57.0 Å². The minimum absolute atomic E-state index is 0.102. The van der Waals surface area contributed by atoms with Gasteiger partial charge in [-0.05, 0) is 82.2 Å². The molecule has 3 aromatic heterocycles. The van der Waals surface area contributed by atoms with Crippen LogP contribution in [0.15, 0.2) is 99.8 Å². The van der Waals surface area contributed by atoms with E-state index in [2.05, 4.69) is 54.7 Å². The molecule has 0 saturated carbocycles. The first-order valence-electron chi connectivity index (χ1n) is 18.6. The van der Waals surface area contributed by atoms with Crippen molar-refractivity contribution in [3.8, 4) is 23.3 Å². The summed E-state index contributed by atoms with van der Waals surface area (Å²) in [6.07, 6.45) is 7.50. The number of halogens is 2. The summed E-state index contributed by atoms with van der Waals surface area (Å²) in [5.74, 6) is 1.42. The minimum atomic E-state index is -0.833. The van der Waals surface area contributed by atoms with E-state index in [1.807, 2.05) is 48.5 Å². The van der Waals surface area contributed by atoms with Crippen LogP contribution in [0.2, 0.25) is 5.02 Å². The molecule has 59 heavy (non-hydrogen) atoms. The molecule has 2 atom stereocenters. The zero-order valence-electron chi connectivity index (χ0n) is 32.4. The fourth-order valence-corrected chi connectivity index (χ4v) is 7.35. The molecule has 9 rings (SSSR count).